The normalized spacial score (nSPS) is 11.3. The predicted octanol–water partition coefficient (Wildman–Crippen LogP) is 5.19. The van der Waals surface area contributed by atoms with E-state index in [1.807, 2.05) is 45.0 Å². The maximum atomic E-state index is 13.1. The number of non-ortho nitro benzene ring substituents is 1. The Morgan fingerprint density at radius 1 is 1.11 bits per heavy atom. The van der Waals surface area contributed by atoms with Crippen LogP contribution < -0.4 is 5.32 Å². The van der Waals surface area contributed by atoms with Crippen molar-refractivity contribution < 1.29 is 14.5 Å². The van der Waals surface area contributed by atoms with E-state index in [2.05, 4.69) is 26.1 Å². The fourth-order valence-corrected chi connectivity index (χ4v) is 3.77. The molecule has 0 saturated carbocycles. The van der Waals surface area contributed by atoms with Crippen molar-refractivity contribution in [3.63, 3.8) is 0 Å². The van der Waals surface area contributed by atoms with Crippen LogP contribution in [0, 0.1) is 24.0 Å². The van der Waals surface area contributed by atoms with Crippen molar-refractivity contribution in [2.24, 2.45) is 0 Å². The van der Waals surface area contributed by atoms with Gasteiger partial charge < -0.3 is 10.2 Å². The van der Waals surface area contributed by atoms with Gasteiger partial charge in [-0.3, -0.25) is 19.7 Å². The fourth-order valence-electron chi connectivity index (χ4n) is 3.77. The Labute approximate surface area is 211 Å². The highest BCUT2D eigenvalue weighted by atomic mass is 16.6. The topological polar surface area (TPSA) is 110 Å². The number of benzene rings is 2. The van der Waals surface area contributed by atoms with Gasteiger partial charge in [0.25, 0.3) is 11.6 Å². The molecule has 2 amide bonds. The summed E-state index contributed by atoms with van der Waals surface area (Å²) in [6.07, 6.45) is 0.653. The van der Waals surface area contributed by atoms with E-state index in [4.69, 9.17) is 5.10 Å². The smallest absolute Gasteiger partial charge is 0.269 e. The molecule has 0 spiro atoms. The fraction of sp³-hybridized carbons (Fsp3) is 0.370. The monoisotopic (exact) mass is 491 g/mol. The zero-order valence-electron chi connectivity index (χ0n) is 21.7. The van der Waals surface area contributed by atoms with Crippen molar-refractivity contribution in [2.45, 2.75) is 53.4 Å². The number of aromatic nitrogens is 2. The maximum absolute atomic E-state index is 13.1. The molecule has 3 aromatic rings. The number of amides is 2. The highest BCUT2D eigenvalue weighted by molar-refractivity contribution is 5.99. The molecule has 1 heterocycles. The van der Waals surface area contributed by atoms with Crippen LogP contribution in [0.3, 0.4) is 0 Å². The first kappa shape index (κ1) is 26.6. The quantitative estimate of drug-likeness (QED) is 0.345. The Hall–Kier alpha value is -4.01. The number of carbonyl (C=O) groups is 2. The molecule has 0 aliphatic carbocycles. The average Bonchev–Trinajstić information content (AvgIpc) is 3.24. The molecule has 0 aliphatic heterocycles. The highest BCUT2D eigenvalue weighted by Gasteiger charge is 2.24. The van der Waals surface area contributed by atoms with E-state index in [1.54, 1.807) is 4.68 Å². The first-order valence-electron chi connectivity index (χ1n) is 11.9. The van der Waals surface area contributed by atoms with Crippen molar-refractivity contribution in [2.75, 3.05) is 18.4 Å². The minimum absolute atomic E-state index is 0.0966. The number of rotatable bonds is 8. The van der Waals surface area contributed by atoms with Gasteiger partial charge in [0.1, 0.15) is 12.4 Å². The summed E-state index contributed by atoms with van der Waals surface area (Å²) < 4.78 is 1.74. The van der Waals surface area contributed by atoms with Crippen molar-refractivity contribution in [1.82, 2.24) is 14.7 Å². The van der Waals surface area contributed by atoms with Crippen molar-refractivity contribution in [3.05, 3.63) is 81.0 Å². The second-order valence-corrected chi connectivity index (χ2v) is 9.87. The van der Waals surface area contributed by atoms with Gasteiger partial charge in [0.15, 0.2) is 0 Å². The first-order chi connectivity index (χ1) is 16.9. The van der Waals surface area contributed by atoms with Gasteiger partial charge in [-0.2, -0.15) is 5.10 Å². The van der Waals surface area contributed by atoms with Gasteiger partial charge in [-0.25, -0.2) is 4.68 Å². The number of anilines is 1. The number of nitro groups is 1. The Balaban J connectivity index is 1.87. The summed E-state index contributed by atoms with van der Waals surface area (Å²) in [7, 11) is 0. The van der Waals surface area contributed by atoms with E-state index >= 15 is 0 Å². The summed E-state index contributed by atoms with van der Waals surface area (Å²) >= 11 is 0. The highest BCUT2D eigenvalue weighted by Crippen LogP contribution is 2.28. The molecule has 0 aliphatic rings. The number of hydrogen-bond acceptors (Lipinski definition) is 5. The van der Waals surface area contributed by atoms with E-state index in [9.17, 15) is 19.7 Å². The molecule has 0 unspecified atom stereocenters. The molecular formula is C27H33N5O4. The third-order valence-corrected chi connectivity index (χ3v) is 5.99. The van der Waals surface area contributed by atoms with E-state index in [1.165, 1.54) is 29.2 Å². The Kier molecular flexibility index (Phi) is 7.92. The molecule has 2 aromatic carbocycles. The van der Waals surface area contributed by atoms with Crippen LogP contribution in [0.25, 0.3) is 5.69 Å². The molecule has 36 heavy (non-hydrogen) atoms. The molecule has 190 valence electrons. The van der Waals surface area contributed by atoms with Crippen LogP contribution in [0.5, 0.6) is 0 Å². The summed E-state index contributed by atoms with van der Waals surface area (Å²) in [5.74, 6) is -0.191. The Morgan fingerprint density at radius 3 is 2.36 bits per heavy atom. The lowest BCUT2D eigenvalue weighted by Gasteiger charge is -2.22. The zero-order chi connectivity index (χ0) is 26.6. The van der Waals surface area contributed by atoms with Gasteiger partial charge in [0, 0.05) is 35.7 Å². The number of aryl methyl sites for hydroxylation is 1. The van der Waals surface area contributed by atoms with Crippen LogP contribution in [0.1, 0.15) is 61.3 Å². The van der Waals surface area contributed by atoms with Gasteiger partial charge in [0.2, 0.25) is 5.91 Å². The number of nitro benzene ring substituents is 1. The summed E-state index contributed by atoms with van der Waals surface area (Å²) in [6.45, 7) is 12.3. The second kappa shape index (κ2) is 10.7. The van der Waals surface area contributed by atoms with Crippen LogP contribution in [-0.4, -0.2) is 44.5 Å². The summed E-state index contributed by atoms with van der Waals surface area (Å²) in [5, 5.41) is 18.7. The van der Waals surface area contributed by atoms with Gasteiger partial charge in [0.05, 0.1) is 16.3 Å². The number of carbonyl (C=O) groups excluding carboxylic acids is 2. The minimum Gasteiger partial charge on any atom is -0.329 e. The van der Waals surface area contributed by atoms with E-state index in [0.29, 0.717) is 18.8 Å². The third kappa shape index (κ3) is 5.97. The number of nitrogens with one attached hydrogen (secondary N) is 1. The molecule has 3 rings (SSSR count). The first-order valence-corrected chi connectivity index (χ1v) is 11.9. The maximum Gasteiger partial charge on any atom is 0.269 e. The SMILES string of the molecule is CCCN(CC(=O)Nc1cc(C(C)(C)C)nn1-c1cccc(C)c1C)C(=O)c1ccc([N+](=O)[O-])cc1. The van der Waals surface area contributed by atoms with Gasteiger partial charge >= 0.3 is 0 Å². The average molecular weight is 492 g/mol. The third-order valence-electron chi connectivity index (χ3n) is 5.99. The molecule has 0 radical (unpaired) electrons. The van der Waals surface area contributed by atoms with Gasteiger partial charge in [-0.05, 0) is 49.6 Å². The lowest BCUT2D eigenvalue weighted by atomic mass is 9.92. The lowest BCUT2D eigenvalue weighted by Crippen LogP contribution is -2.38. The molecule has 9 heteroatoms. The van der Waals surface area contributed by atoms with Gasteiger partial charge in [-0.1, -0.05) is 39.8 Å². The molecular weight excluding hydrogens is 458 g/mol. The molecule has 9 nitrogen and oxygen atoms in total. The van der Waals surface area contributed by atoms with Crippen molar-refractivity contribution in [1.29, 1.82) is 0 Å². The molecule has 0 saturated heterocycles. The van der Waals surface area contributed by atoms with E-state index in [-0.39, 0.29) is 35.0 Å². The van der Waals surface area contributed by atoms with Crippen molar-refractivity contribution >= 4 is 23.3 Å². The molecule has 0 fully saturated rings. The van der Waals surface area contributed by atoms with E-state index < -0.39 is 4.92 Å². The minimum atomic E-state index is -0.517. The standard InChI is InChI=1S/C27H33N5O4/c1-7-15-30(26(34)20-11-13-21(14-12-20)32(35)36)17-25(33)28-24-16-23(27(4,5)6)29-31(24)22-10-8-9-18(2)19(22)3/h8-14,16H,7,15,17H2,1-6H3,(H,28,33). The van der Waals surface area contributed by atoms with E-state index in [0.717, 1.165) is 22.5 Å². The van der Waals surface area contributed by atoms with Crippen LogP contribution in [0.2, 0.25) is 0 Å². The largest absolute Gasteiger partial charge is 0.329 e. The van der Waals surface area contributed by atoms with Crippen LogP contribution in [0.15, 0.2) is 48.5 Å². The second-order valence-electron chi connectivity index (χ2n) is 9.87. The Bertz CT molecular complexity index is 1270. The molecule has 1 N–H and O–H groups in total. The molecule has 0 atom stereocenters. The predicted molar refractivity (Wildman–Crippen MR) is 140 cm³/mol. The number of hydrogen-bond donors (Lipinski definition) is 1. The summed E-state index contributed by atoms with van der Waals surface area (Å²) in [6, 6.07) is 13.2. The van der Waals surface area contributed by atoms with Gasteiger partial charge in [-0.15, -0.1) is 0 Å². The summed E-state index contributed by atoms with van der Waals surface area (Å²) in [4.78, 5) is 38.1. The molecule has 1 aromatic heterocycles. The molecule has 0 bridgehead atoms. The zero-order valence-corrected chi connectivity index (χ0v) is 21.7. The Morgan fingerprint density at radius 2 is 1.78 bits per heavy atom. The summed E-state index contributed by atoms with van der Waals surface area (Å²) in [5.41, 5.74) is 3.82. The van der Waals surface area contributed by atoms with Crippen LogP contribution >= 0.6 is 0 Å². The number of nitrogens with zero attached hydrogens (tertiary/aromatic N) is 4. The van der Waals surface area contributed by atoms with Crippen LogP contribution in [-0.2, 0) is 10.2 Å². The van der Waals surface area contributed by atoms with Crippen LogP contribution in [0.4, 0.5) is 11.5 Å². The van der Waals surface area contributed by atoms with Crippen molar-refractivity contribution in [3.8, 4) is 5.69 Å². The lowest BCUT2D eigenvalue weighted by molar-refractivity contribution is -0.384.